The number of carbonyl (C=O) groups is 2. The van der Waals surface area contributed by atoms with Crippen LogP contribution in [0.1, 0.15) is 28.4 Å². The summed E-state index contributed by atoms with van der Waals surface area (Å²) in [7, 11) is 1.57. The van der Waals surface area contributed by atoms with Gasteiger partial charge in [-0.1, -0.05) is 54.1 Å². The number of amides is 2. The average molecular weight is 531 g/mol. The molecule has 0 aliphatic heterocycles. The third-order valence-corrected chi connectivity index (χ3v) is 6.15. The number of hydrogen-bond acceptors (Lipinski definition) is 6. The molecule has 3 aromatic carbocycles. The van der Waals surface area contributed by atoms with Crippen LogP contribution in [0.25, 0.3) is 0 Å². The van der Waals surface area contributed by atoms with E-state index in [1.54, 1.807) is 44.4 Å². The molecule has 2 N–H and O–H groups in total. The van der Waals surface area contributed by atoms with Crippen molar-refractivity contribution in [2.75, 3.05) is 7.11 Å². The highest BCUT2D eigenvalue weighted by molar-refractivity contribution is 6.32. The van der Waals surface area contributed by atoms with Gasteiger partial charge in [-0.3, -0.25) is 9.59 Å². The van der Waals surface area contributed by atoms with E-state index in [0.29, 0.717) is 28.7 Å². The number of rotatable bonds is 10. The van der Waals surface area contributed by atoms with E-state index < -0.39 is 11.4 Å². The van der Waals surface area contributed by atoms with Crippen molar-refractivity contribution in [2.24, 2.45) is 0 Å². The first kappa shape index (κ1) is 26.6. The second-order valence-electron chi connectivity index (χ2n) is 8.80. The Balaban J connectivity index is 1.43. The van der Waals surface area contributed by atoms with Gasteiger partial charge in [0.15, 0.2) is 0 Å². The van der Waals surface area contributed by atoms with Crippen molar-refractivity contribution in [1.29, 1.82) is 0 Å². The lowest BCUT2D eigenvalue weighted by molar-refractivity contribution is -0.126. The van der Waals surface area contributed by atoms with E-state index in [1.807, 2.05) is 42.5 Å². The highest BCUT2D eigenvalue weighted by Crippen LogP contribution is 2.32. The topological polar surface area (TPSA) is 102 Å². The Morgan fingerprint density at radius 2 is 1.61 bits per heavy atom. The van der Waals surface area contributed by atoms with Gasteiger partial charge in [0.1, 0.15) is 29.1 Å². The molecule has 0 radical (unpaired) electrons. The van der Waals surface area contributed by atoms with Crippen LogP contribution in [0.3, 0.4) is 0 Å². The quantitative estimate of drug-likeness (QED) is 0.300. The number of halogens is 1. The SMILES string of the molecule is COc1ccc(Oc2ccc(CNC(=O)[C@@](C)(Cc3ccccc3)NC(=O)c3cncnc3)cc2)c(Cl)c1. The molecular weight excluding hydrogens is 504 g/mol. The molecule has 194 valence electrons. The van der Waals surface area contributed by atoms with E-state index >= 15 is 0 Å². The number of hydrogen-bond donors (Lipinski definition) is 2. The van der Waals surface area contributed by atoms with Crippen molar-refractivity contribution in [3.05, 3.63) is 113 Å². The van der Waals surface area contributed by atoms with E-state index in [9.17, 15) is 9.59 Å². The van der Waals surface area contributed by atoms with Gasteiger partial charge in [0.2, 0.25) is 5.91 Å². The van der Waals surface area contributed by atoms with E-state index in [0.717, 1.165) is 11.1 Å². The molecule has 1 atom stereocenters. The summed E-state index contributed by atoms with van der Waals surface area (Å²) in [6.07, 6.45) is 4.46. The fraction of sp³-hybridized carbons (Fsp3) is 0.172. The summed E-state index contributed by atoms with van der Waals surface area (Å²) in [6, 6.07) is 22.0. The first-order chi connectivity index (χ1) is 18.4. The van der Waals surface area contributed by atoms with Gasteiger partial charge in [-0.25, -0.2) is 9.97 Å². The minimum Gasteiger partial charge on any atom is -0.497 e. The molecule has 0 saturated heterocycles. The normalized spacial score (nSPS) is 12.2. The summed E-state index contributed by atoms with van der Waals surface area (Å²) < 4.78 is 11.0. The lowest BCUT2D eigenvalue weighted by atomic mass is 9.91. The van der Waals surface area contributed by atoms with Crippen LogP contribution in [0.5, 0.6) is 17.2 Å². The monoisotopic (exact) mass is 530 g/mol. The van der Waals surface area contributed by atoms with Gasteiger partial charge in [-0.2, -0.15) is 0 Å². The second kappa shape index (κ2) is 12.2. The van der Waals surface area contributed by atoms with E-state index in [1.165, 1.54) is 18.7 Å². The van der Waals surface area contributed by atoms with E-state index in [4.69, 9.17) is 21.1 Å². The summed E-state index contributed by atoms with van der Waals surface area (Å²) in [5, 5.41) is 6.25. The van der Waals surface area contributed by atoms with Crippen molar-refractivity contribution < 1.29 is 19.1 Å². The van der Waals surface area contributed by atoms with Gasteiger partial charge >= 0.3 is 0 Å². The third kappa shape index (κ3) is 6.86. The highest BCUT2D eigenvalue weighted by atomic mass is 35.5. The summed E-state index contributed by atoms with van der Waals surface area (Å²) in [6.45, 7) is 1.96. The predicted octanol–water partition coefficient (Wildman–Crippen LogP) is 4.98. The Labute approximate surface area is 226 Å². The van der Waals surface area contributed by atoms with Crippen molar-refractivity contribution in [2.45, 2.75) is 25.4 Å². The lowest BCUT2D eigenvalue weighted by Crippen LogP contribution is -2.58. The van der Waals surface area contributed by atoms with Gasteiger partial charge in [0, 0.05) is 31.4 Å². The Kier molecular flexibility index (Phi) is 8.55. The van der Waals surface area contributed by atoms with Crippen LogP contribution < -0.4 is 20.1 Å². The number of carbonyl (C=O) groups excluding carboxylic acids is 2. The molecule has 1 aromatic heterocycles. The molecule has 0 spiro atoms. The van der Waals surface area contributed by atoms with E-state index in [-0.39, 0.29) is 18.0 Å². The van der Waals surface area contributed by atoms with Crippen LogP contribution in [0.15, 0.2) is 91.5 Å². The maximum atomic E-state index is 13.4. The molecule has 2 amide bonds. The molecule has 0 aliphatic carbocycles. The molecule has 0 aliphatic rings. The number of ether oxygens (including phenoxy) is 2. The molecule has 38 heavy (non-hydrogen) atoms. The van der Waals surface area contributed by atoms with Gasteiger partial charge in [-0.15, -0.1) is 0 Å². The zero-order valence-corrected chi connectivity index (χ0v) is 21.7. The molecular formula is C29H27ClN4O4. The number of aromatic nitrogens is 2. The molecule has 0 saturated carbocycles. The minimum absolute atomic E-state index is 0.261. The van der Waals surface area contributed by atoms with Crippen LogP contribution in [0.2, 0.25) is 5.02 Å². The van der Waals surface area contributed by atoms with Crippen molar-refractivity contribution in [3.8, 4) is 17.2 Å². The standard InChI is InChI=1S/C29H27ClN4O4/c1-29(15-20-6-4-3-5-7-20,34-27(35)22-17-31-19-32-18-22)28(36)33-16-21-8-10-23(11-9-21)38-26-13-12-24(37-2)14-25(26)30/h3-14,17-19H,15-16H2,1-2H3,(H,33,36)(H,34,35)/t29-/m1/s1. The summed E-state index contributed by atoms with van der Waals surface area (Å²) >= 11 is 6.26. The molecule has 9 heteroatoms. The number of methoxy groups -OCH3 is 1. The maximum Gasteiger partial charge on any atom is 0.255 e. The van der Waals surface area contributed by atoms with Gasteiger partial charge in [0.25, 0.3) is 5.91 Å². The van der Waals surface area contributed by atoms with Crippen LogP contribution in [-0.2, 0) is 17.8 Å². The summed E-state index contributed by atoms with van der Waals surface area (Å²) in [5.74, 6) is 0.985. The first-order valence-corrected chi connectivity index (χ1v) is 12.2. The molecule has 4 aromatic rings. The molecule has 8 nitrogen and oxygen atoms in total. The Bertz CT molecular complexity index is 1390. The minimum atomic E-state index is -1.22. The smallest absolute Gasteiger partial charge is 0.255 e. The van der Waals surface area contributed by atoms with E-state index in [2.05, 4.69) is 20.6 Å². The number of benzene rings is 3. The fourth-order valence-corrected chi connectivity index (χ4v) is 4.00. The Morgan fingerprint density at radius 1 is 0.921 bits per heavy atom. The number of nitrogens with one attached hydrogen (secondary N) is 2. The maximum absolute atomic E-state index is 13.4. The van der Waals surface area contributed by atoms with Crippen molar-refractivity contribution >= 4 is 23.4 Å². The van der Waals surface area contributed by atoms with Crippen LogP contribution >= 0.6 is 11.6 Å². The molecule has 0 fully saturated rings. The van der Waals surface area contributed by atoms with Crippen LogP contribution in [-0.4, -0.2) is 34.4 Å². The Morgan fingerprint density at radius 3 is 2.26 bits per heavy atom. The van der Waals surface area contributed by atoms with Crippen LogP contribution in [0.4, 0.5) is 0 Å². The Hall–Kier alpha value is -4.43. The lowest BCUT2D eigenvalue weighted by Gasteiger charge is -2.30. The number of nitrogens with zero attached hydrogens (tertiary/aromatic N) is 2. The zero-order valence-electron chi connectivity index (χ0n) is 21.0. The van der Waals surface area contributed by atoms with Crippen LogP contribution in [0, 0.1) is 0 Å². The fourth-order valence-electron chi connectivity index (χ4n) is 3.80. The third-order valence-electron chi connectivity index (χ3n) is 5.86. The highest BCUT2D eigenvalue weighted by Gasteiger charge is 2.35. The molecule has 0 unspecified atom stereocenters. The zero-order chi connectivity index (χ0) is 27.0. The van der Waals surface area contributed by atoms with Crippen molar-refractivity contribution in [1.82, 2.24) is 20.6 Å². The molecule has 4 rings (SSSR count). The van der Waals surface area contributed by atoms with Gasteiger partial charge in [0.05, 0.1) is 17.7 Å². The largest absolute Gasteiger partial charge is 0.497 e. The van der Waals surface area contributed by atoms with Gasteiger partial charge in [-0.05, 0) is 42.3 Å². The summed E-state index contributed by atoms with van der Waals surface area (Å²) in [4.78, 5) is 34.1. The average Bonchev–Trinajstić information content (AvgIpc) is 2.94. The summed E-state index contributed by atoms with van der Waals surface area (Å²) in [5.41, 5.74) is 0.819. The molecule has 0 bridgehead atoms. The molecule has 1 heterocycles. The first-order valence-electron chi connectivity index (χ1n) is 11.9. The van der Waals surface area contributed by atoms with Crippen molar-refractivity contribution in [3.63, 3.8) is 0 Å². The predicted molar refractivity (Wildman–Crippen MR) is 144 cm³/mol. The van der Waals surface area contributed by atoms with Gasteiger partial charge < -0.3 is 20.1 Å². The second-order valence-corrected chi connectivity index (χ2v) is 9.21.